The van der Waals surface area contributed by atoms with E-state index >= 15 is 0 Å². The smallest absolute Gasteiger partial charge is 0.266 e. The molecule has 0 saturated carbocycles. The molecule has 0 atom stereocenters. The van der Waals surface area contributed by atoms with Crippen LogP contribution < -0.4 is 5.56 Å². The molecule has 158 valence electrons. The number of nitrogens with zero attached hydrogens (tertiary/aromatic N) is 3. The van der Waals surface area contributed by atoms with E-state index in [2.05, 4.69) is 45.5 Å². The summed E-state index contributed by atoms with van der Waals surface area (Å²) in [6.07, 6.45) is 5.89. The Morgan fingerprint density at radius 3 is 2.59 bits per heavy atom. The van der Waals surface area contributed by atoms with E-state index in [1.165, 1.54) is 0 Å². The van der Waals surface area contributed by atoms with Crippen molar-refractivity contribution in [3.63, 3.8) is 0 Å². The molecule has 5 aromatic rings. The van der Waals surface area contributed by atoms with Gasteiger partial charge in [-0.15, -0.1) is 0 Å². The van der Waals surface area contributed by atoms with Gasteiger partial charge < -0.3 is 4.57 Å². The zero-order chi connectivity index (χ0) is 22.4. The third-order valence-corrected chi connectivity index (χ3v) is 6.56. The molecular formula is C25H16Cl2IN3O. The average Bonchev–Trinajstić information content (AvgIpc) is 3.10. The van der Waals surface area contributed by atoms with Crippen molar-refractivity contribution in [1.82, 2.24) is 14.1 Å². The van der Waals surface area contributed by atoms with Crippen molar-refractivity contribution in [3.05, 3.63) is 102 Å². The van der Waals surface area contributed by atoms with Crippen LogP contribution in [-0.4, -0.2) is 14.1 Å². The highest BCUT2D eigenvalue weighted by Gasteiger charge is 2.15. The van der Waals surface area contributed by atoms with Crippen LogP contribution in [0.3, 0.4) is 0 Å². The van der Waals surface area contributed by atoms with Gasteiger partial charge in [-0.2, -0.15) is 0 Å². The molecule has 0 aliphatic carbocycles. The van der Waals surface area contributed by atoms with Gasteiger partial charge in [0.1, 0.15) is 5.82 Å². The zero-order valence-corrected chi connectivity index (χ0v) is 20.6. The maximum atomic E-state index is 13.6. The third-order valence-electron chi connectivity index (χ3n) is 5.35. The van der Waals surface area contributed by atoms with Crippen molar-refractivity contribution in [2.75, 3.05) is 0 Å². The van der Waals surface area contributed by atoms with E-state index in [4.69, 9.17) is 28.2 Å². The first-order chi connectivity index (χ1) is 15.4. The van der Waals surface area contributed by atoms with Gasteiger partial charge in [0.25, 0.3) is 5.56 Å². The first kappa shape index (κ1) is 21.2. The van der Waals surface area contributed by atoms with E-state index in [1.807, 2.05) is 49.5 Å². The second kappa shape index (κ2) is 8.39. The number of halogens is 3. The monoisotopic (exact) mass is 571 g/mol. The van der Waals surface area contributed by atoms with Crippen LogP contribution in [0.2, 0.25) is 10.0 Å². The minimum absolute atomic E-state index is 0.185. The second-order valence-electron chi connectivity index (χ2n) is 7.41. The molecule has 0 aliphatic rings. The molecule has 3 aromatic carbocycles. The molecule has 4 nitrogen and oxygen atoms in total. The van der Waals surface area contributed by atoms with E-state index < -0.39 is 0 Å². The molecule has 0 aliphatic heterocycles. The highest BCUT2D eigenvalue weighted by molar-refractivity contribution is 14.1. The van der Waals surface area contributed by atoms with Gasteiger partial charge in [-0.25, -0.2) is 4.98 Å². The van der Waals surface area contributed by atoms with Crippen molar-refractivity contribution in [3.8, 4) is 5.69 Å². The molecule has 0 N–H and O–H groups in total. The minimum atomic E-state index is -0.185. The maximum Gasteiger partial charge on any atom is 0.266 e. The maximum absolute atomic E-state index is 13.6. The first-order valence-electron chi connectivity index (χ1n) is 9.82. The van der Waals surface area contributed by atoms with Gasteiger partial charge >= 0.3 is 0 Å². The van der Waals surface area contributed by atoms with Gasteiger partial charge in [-0.1, -0.05) is 41.4 Å². The fourth-order valence-electron chi connectivity index (χ4n) is 3.85. The molecule has 0 fully saturated rings. The van der Waals surface area contributed by atoms with Gasteiger partial charge in [0.05, 0.1) is 21.6 Å². The van der Waals surface area contributed by atoms with Gasteiger partial charge in [-0.3, -0.25) is 9.36 Å². The Morgan fingerprint density at radius 2 is 1.78 bits per heavy atom. The Labute approximate surface area is 207 Å². The SMILES string of the molecule is Cn1cc(C=Cc2nc3ccc(I)cc3c(=O)n2-c2ccc(Cl)cc2Cl)c2ccccc21. The molecule has 0 unspecified atom stereocenters. The number of hydrogen-bond acceptors (Lipinski definition) is 2. The summed E-state index contributed by atoms with van der Waals surface area (Å²) in [5.74, 6) is 0.487. The van der Waals surface area contributed by atoms with Crippen molar-refractivity contribution >= 4 is 79.8 Å². The summed E-state index contributed by atoms with van der Waals surface area (Å²) in [7, 11) is 2.01. The van der Waals surface area contributed by atoms with Crippen LogP contribution >= 0.6 is 45.8 Å². The third kappa shape index (κ3) is 3.74. The molecule has 0 bridgehead atoms. The molecule has 0 spiro atoms. The standard InChI is InChI=1S/C25H16Cl2IN3O/c1-30-14-15(18-4-2-3-5-22(18)30)6-11-24-29-21-9-8-17(28)13-19(21)25(32)31(24)23-10-7-16(26)12-20(23)27/h2-14H,1H3. The summed E-state index contributed by atoms with van der Waals surface area (Å²) >= 11 is 14.8. The number of aryl methyl sites for hydroxylation is 1. The molecule has 0 amide bonds. The van der Waals surface area contributed by atoms with Gasteiger partial charge in [0, 0.05) is 38.3 Å². The molecule has 2 heterocycles. The van der Waals surface area contributed by atoms with Crippen LogP contribution in [0, 0.1) is 3.57 Å². The fraction of sp³-hybridized carbons (Fsp3) is 0.0400. The van der Waals surface area contributed by atoms with E-state index in [-0.39, 0.29) is 5.56 Å². The van der Waals surface area contributed by atoms with Crippen LogP contribution in [0.1, 0.15) is 11.4 Å². The quantitative estimate of drug-likeness (QED) is 0.220. The van der Waals surface area contributed by atoms with Crippen molar-refractivity contribution in [2.45, 2.75) is 0 Å². The number of benzene rings is 3. The predicted molar refractivity (Wildman–Crippen MR) is 142 cm³/mol. The summed E-state index contributed by atoms with van der Waals surface area (Å²) in [6.45, 7) is 0. The van der Waals surface area contributed by atoms with Crippen LogP contribution in [0.5, 0.6) is 0 Å². The number of rotatable bonds is 3. The summed E-state index contributed by atoms with van der Waals surface area (Å²) < 4.78 is 4.58. The fourth-order valence-corrected chi connectivity index (χ4v) is 4.84. The second-order valence-corrected chi connectivity index (χ2v) is 9.50. The van der Waals surface area contributed by atoms with Crippen LogP contribution in [0.15, 0.2) is 71.7 Å². The van der Waals surface area contributed by atoms with E-state index in [9.17, 15) is 4.79 Å². The lowest BCUT2D eigenvalue weighted by atomic mass is 10.1. The number of fused-ring (bicyclic) bond motifs is 2. The average molecular weight is 572 g/mol. The number of para-hydroxylation sites is 1. The molecule has 32 heavy (non-hydrogen) atoms. The highest BCUT2D eigenvalue weighted by Crippen LogP contribution is 2.27. The van der Waals surface area contributed by atoms with Gasteiger partial charge in [0.15, 0.2) is 0 Å². The van der Waals surface area contributed by atoms with Crippen LogP contribution in [0.4, 0.5) is 0 Å². The van der Waals surface area contributed by atoms with Crippen molar-refractivity contribution in [2.24, 2.45) is 7.05 Å². The molecule has 0 saturated heterocycles. The normalized spacial score (nSPS) is 11.8. The zero-order valence-electron chi connectivity index (χ0n) is 16.9. The Balaban J connectivity index is 1.77. The topological polar surface area (TPSA) is 39.8 Å². The summed E-state index contributed by atoms with van der Waals surface area (Å²) in [4.78, 5) is 18.4. The summed E-state index contributed by atoms with van der Waals surface area (Å²) in [5, 5.41) is 2.54. The predicted octanol–water partition coefficient (Wildman–Crippen LogP) is 6.96. The summed E-state index contributed by atoms with van der Waals surface area (Å²) in [6, 6.07) is 18.9. The Hall–Kier alpha value is -2.61. The molecule has 0 radical (unpaired) electrons. The Bertz CT molecular complexity index is 1600. The lowest BCUT2D eigenvalue weighted by molar-refractivity contribution is 0.944. The Morgan fingerprint density at radius 1 is 0.969 bits per heavy atom. The van der Waals surface area contributed by atoms with E-state index in [0.29, 0.717) is 32.5 Å². The largest absolute Gasteiger partial charge is 0.350 e. The van der Waals surface area contributed by atoms with Gasteiger partial charge in [0.2, 0.25) is 0 Å². The minimum Gasteiger partial charge on any atom is -0.350 e. The van der Waals surface area contributed by atoms with Crippen LogP contribution in [0.25, 0.3) is 39.6 Å². The number of aromatic nitrogens is 3. The summed E-state index contributed by atoms with van der Waals surface area (Å²) in [5.41, 5.74) is 3.15. The van der Waals surface area contributed by atoms with Crippen LogP contribution in [-0.2, 0) is 7.05 Å². The molecule has 7 heteroatoms. The molecular weight excluding hydrogens is 556 g/mol. The van der Waals surface area contributed by atoms with Crippen molar-refractivity contribution in [1.29, 1.82) is 0 Å². The number of hydrogen-bond donors (Lipinski definition) is 0. The van der Waals surface area contributed by atoms with E-state index in [0.717, 1.165) is 20.0 Å². The van der Waals surface area contributed by atoms with E-state index in [1.54, 1.807) is 22.8 Å². The van der Waals surface area contributed by atoms with Gasteiger partial charge in [-0.05, 0) is 77.2 Å². The lowest BCUT2D eigenvalue weighted by Gasteiger charge is -2.13. The lowest BCUT2D eigenvalue weighted by Crippen LogP contribution is -2.22. The Kier molecular flexibility index (Phi) is 5.57. The highest BCUT2D eigenvalue weighted by atomic mass is 127. The van der Waals surface area contributed by atoms with Crippen molar-refractivity contribution < 1.29 is 0 Å². The molecule has 5 rings (SSSR count). The molecule has 2 aromatic heterocycles. The first-order valence-corrected chi connectivity index (χ1v) is 11.7.